The Balaban J connectivity index is 1.55. The summed E-state index contributed by atoms with van der Waals surface area (Å²) in [5.41, 5.74) is 0.857. The number of phenolic OH excluding ortho intramolecular Hbond substituents is 7. The summed E-state index contributed by atoms with van der Waals surface area (Å²) in [5.74, 6) is -3.87. The molecule has 0 amide bonds. The summed E-state index contributed by atoms with van der Waals surface area (Å²) in [6, 6.07) is 13.1. The lowest BCUT2D eigenvalue weighted by molar-refractivity contribution is 0.00117. The van der Waals surface area contributed by atoms with E-state index >= 15 is 0 Å². The van der Waals surface area contributed by atoms with Gasteiger partial charge in [-0.25, -0.2) is 0 Å². The average molecular weight is 563 g/mol. The lowest BCUT2D eigenvalue weighted by Gasteiger charge is -2.40. The monoisotopic (exact) mass is 562 g/mol. The van der Waals surface area contributed by atoms with Crippen LogP contribution in [0.3, 0.4) is 0 Å². The highest BCUT2D eigenvalue weighted by atomic mass is 16.5. The molecule has 11 heteroatoms. The fourth-order valence-electron chi connectivity index (χ4n) is 5.66. The number of phenols is 7. The molecule has 9 N–H and O–H groups in total. The molecule has 0 radical (unpaired) electrons. The van der Waals surface area contributed by atoms with Gasteiger partial charge < -0.3 is 55.4 Å². The van der Waals surface area contributed by atoms with Crippen LogP contribution in [0.1, 0.15) is 45.9 Å². The number of hydrogen-bond acceptors (Lipinski definition) is 11. The SMILES string of the molecule is Oc1ccc([C@H]2Oc3c(c(O)cc(O)c3[C@H]3c4c(O)cc(O)cc4O[C@H](c4ccc(O)c(O)c4)[C@@H]3O)C[C@H]2O)cc1. The van der Waals surface area contributed by atoms with Crippen LogP contribution in [0.4, 0.5) is 0 Å². The van der Waals surface area contributed by atoms with E-state index in [-0.39, 0.29) is 57.4 Å². The molecular formula is C30H26O11. The number of ether oxygens (including phenoxy) is 2. The Morgan fingerprint density at radius 1 is 0.561 bits per heavy atom. The van der Waals surface area contributed by atoms with Crippen molar-refractivity contribution in [2.75, 3.05) is 0 Å². The molecule has 0 unspecified atom stereocenters. The second-order valence-corrected chi connectivity index (χ2v) is 10.2. The summed E-state index contributed by atoms with van der Waals surface area (Å²) in [5, 5.41) is 95.3. The van der Waals surface area contributed by atoms with Crippen molar-refractivity contribution in [3.63, 3.8) is 0 Å². The van der Waals surface area contributed by atoms with Crippen LogP contribution >= 0.6 is 0 Å². The van der Waals surface area contributed by atoms with Crippen LogP contribution in [0, 0.1) is 0 Å². The summed E-state index contributed by atoms with van der Waals surface area (Å²) >= 11 is 0. The highest BCUT2D eigenvalue weighted by Crippen LogP contribution is 2.57. The smallest absolute Gasteiger partial charge is 0.157 e. The second-order valence-electron chi connectivity index (χ2n) is 10.2. The molecule has 11 nitrogen and oxygen atoms in total. The normalized spacial score (nSPS) is 23.1. The zero-order valence-electron chi connectivity index (χ0n) is 21.2. The predicted molar refractivity (Wildman–Crippen MR) is 142 cm³/mol. The summed E-state index contributed by atoms with van der Waals surface area (Å²) in [6.45, 7) is 0. The van der Waals surface area contributed by atoms with Crippen molar-refractivity contribution < 1.29 is 55.4 Å². The zero-order chi connectivity index (χ0) is 29.2. The van der Waals surface area contributed by atoms with Crippen LogP contribution in [-0.2, 0) is 6.42 Å². The Labute approximate surface area is 232 Å². The lowest BCUT2D eigenvalue weighted by atomic mass is 9.77. The van der Waals surface area contributed by atoms with Crippen molar-refractivity contribution in [2.24, 2.45) is 0 Å². The van der Waals surface area contributed by atoms with Gasteiger partial charge in [0.05, 0.1) is 12.0 Å². The molecule has 0 fully saturated rings. The van der Waals surface area contributed by atoms with Gasteiger partial charge in [-0.05, 0) is 35.4 Å². The Morgan fingerprint density at radius 2 is 1.24 bits per heavy atom. The lowest BCUT2D eigenvalue weighted by Crippen LogP contribution is -2.36. The maximum Gasteiger partial charge on any atom is 0.157 e. The highest BCUT2D eigenvalue weighted by Gasteiger charge is 2.46. The molecule has 2 heterocycles. The standard InChI is InChI=1S/C30H26O11/c31-14-4-1-12(2-5-14)28-22(38)10-16-18(34)11-21(37)25(30(16)41-28)26-24-20(36)8-15(32)9-23(24)40-29(27(26)39)13-3-6-17(33)19(35)7-13/h1-9,11,22,26-29,31-39H,10H2/t22-,26-,27-,28-,29-/m1/s1. The van der Waals surface area contributed by atoms with Crippen LogP contribution < -0.4 is 9.47 Å². The van der Waals surface area contributed by atoms with Crippen molar-refractivity contribution in [1.29, 1.82) is 0 Å². The fraction of sp³-hybridized carbons (Fsp3) is 0.200. The van der Waals surface area contributed by atoms with Gasteiger partial charge in [-0.1, -0.05) is 18.2 Å². The zero-order valence-corrected chi connectivity index (χ0v) is 21.2. The quantitative estimate of drug-likeness (QED) is 0.166. The van der Waals surface area contributed by atoms with Gasteiger partial charge in [0.1, 0.15) is 52.5 Å². The third-order valence-electron chi connectivity index (χ3n) is 7.57. The summed E-state index contributed by atoms with van der Waals surface area (Å²) in [7, 11) is 0. The topological polar surface area (TPSA) is 201 Å². The molecule has 0 aliphatic carbocycles. The van der Waals surface area contributed by atoms with Crippen molar-refractivity contribution in [1.82, 2.24) is 0 Å². The summed E-state index contributed by atoms with van der Waals surface area (Å²) in [6.07, 6.45) is -4.99. The number of aliphatic hydroxyl groups excluding tert-OH is 2. The van der Waals surface area contributed by atoms with Crippen molar-refractivity contribution >= 4 is 0 Å². The molecule has 0 saturated carbocycles. The number of fused-ring (bicyclic) bond motifs is 2. The summed E-state index contributed by atoms with van der Waals surface area (Å²) in [4.78, 5) is 0. The third-order valence-corrected chi connectivity index (χ3v) is 7.57. The Bertz CT molecular complexity index is 1650. The number of aromatic hydroxyl groups is 7. The number of aliphatic hydroxyl groups is 2. The van der Waals surface area contributed by atoms with Gasteiger partial charge in [-0.2, -0.15) is 0 Å². The van der Waals surface area contributed by atoms with Gasteiger partial charge in [-0.15, -0.1) is 0 Å². The first-order valence-corrected chi connectivity index (χ1v) is 12.7. The molecule has 0 bridgehead atoms. The predicted octanol–water partition coefficient (Wildman–Crippen LogP) is 3.29. The molecule has 6 rings (SSSR count). The minimum absolute atomic E-state index is 0.00222. The molecule has 2 aliphatic rings. The minimum Gasteiger partial charge on any atom is -0.508 e. The van der Waals surface area contributed by atoms with Crippen LogP contribution in [0.15, 0.2) is 60.7 Å². The minimum atomic E-state index is -1.55. The molecule has 4 aromatic rings. The van der Waals surface area contributed by atoms with E-state index in [1.165, 1.54) is 36.4 Å². The summed E-state index contributed by atoms with van der Waals surface area (Å²) < 4.78 is 12.2. The highest BCUT2D eigenvalue weighted by molar-refractivity contribution is 5.65. The van der Waals surface area contributed by atoms with E-state index < -0.39 is 53.3 Å². The first-order chi connectivity index (χ1) is 19.5. The van der Waals surface area contributed by atoms with E-state index in [2.05, 4.69) is 0 Å². The maximum atomic E-state index is 11.7. The van der Waals surface area contributed by atoms with Gasteiger partial charge >= 0.3 is 0 Å². The van der Waals surface area contributed by atoms with Crippen LogP contribution in [0.5, 0.6) is 51.7 Å². The number of hydrogen-bond donors (Lipinski definition) is 9. The molecule has 0 saturated heterocycles. The van der Waals surface area contributed by atoms with E-state index in [1.54, 1.807) is 12.1 Å². The first-order valence-electron chi connectivity index (χ1n) is 12.7. The van der Waals surface area contributed by atoms with E-state index in [0.29, 0.717) is 5.56 Å². The Morgan fingerprint density at radius 3 is 1.95 bits per heavy atom. The molecule has 4 aromatic carbocycles. The van der Waals surface area contributed by atoms with Gasteiger partial charge in [0.2, 0.25) is 0 Å². The molecule has 0 spiro atoms. The van der Waals surface area contributed by atoms with E-state index in [9.17, 15) is 46.0 Å². The third kappa shape index (κ3) is 4.31. The van der Waals surface area contributed by atoms with Gasteiger partial charge in [0, 0.05) is 41.3 Å². The second kappa shape index (κ2) is 9.58. The van der Waals surface area contributed by atoms with Crippen LogP contribution in [0.2, 0.25) is 0 Å². The van der Waals surface area contributed by atoms with Gasteiger partial charge in [0.15, 0.2) is 17.6 Å². The fourth-order valence-corrected chi connectivity index (χ4v) is 5.66. The van der Waals surface area contributed by atoms with Gasteiger partial charge in [0.25, 0.3) is 0 Å². The number of benzene rings is 4. The van der Waals surface area contributed by atoms with E-state index in [0.717, 1.165) is 12.1 Å². The van der Waals surface area contributed by atoms with Crippen LogP contribution in [0.25, 0.3) is 0 Å². The molecule has 2 aliphatic heterocycles. The van der Waals surface area contributed by atoms with E-state index in [4.69, 9.17) is 9.47 Å². The van der Waals surface area contributed by atoms with Crippen molar-refractivity contribution in [3.8, 4) is 51.7 Å². The molecule has 212 valence electrons. The first kappa shape index (κ1) is 26.2. The van der Waals surface area contributed by atoms with Crippen molar-refractivity contribution in [2.45, 2.75) is 36.8 Å². The largest absolute Gasteiger partial charge is 0.508 e. The van der Waals surface area contributed by atoms with E-state index in [1.807, 2.05) is 0 Å². The number of rotatable bonds is 3. The Kier molecular flexibility index (Phi) is 6.13. The molecule has 0 aromatic heterocycles. The van der Waals surface area contributed by atoms with Crippen LogP contribution in [-0.4, -0.2) is 58.2 Å². The van der Waals surface area contributed by atoms with Gasteiger partial charge in [-0.3, -0.25) is 0 Å². The molecular weight excluding hydrogens is 536 g/mol. The maximum absolute atomic E-state index is 11.7. The molecule has 41 heavy (non-hydrogen) atoms. The van der Waals surface area contributed by atoms with Crippen molar-refractivity contribution in [3.05, 3.63) is 88.5 Å². The molecule has 5 atom stereocenters. The average Bonchev–Trinajstić information content (AvgIpc) is 2.92. The Hall–Kier alpha value is -5.00.